The average Bonchev–Trinajstić information content (AvgIpc) is 3.53. The zero-order valence-electron chi connectivity index (χ0n) is 16.3. The third kappa shape index (κ3) is 2.78. The van der Waals surface area contributed by atoms with Crippen molar-refractivity contribution < 1.29 is 0 Å². The molecule has 4 N–H and O–H groups in total. The first-order valence-corrected chi connectivity index (χ1v) is 10.2. The number of aromatic nitrogens is 7. The van der Waals surface area contributed by atoms with E-state index in [4.69, 9.17) is 4.98 Å². The SMILES string of the molecule is c1cc(N2CCCCC2)c2nc(-c3[nH]ncc3Nc3ncnc4[nH]ccc34)[nH]c2c1. The molecule has 9 heteroatoms. The van der Waals surface area contributed by atoms with Gasteiger partial charge in [0.15, 0.2) is 5.82 Å². The van der Waals surface area contributed by atoms with Gasteiger partial charge in [-0.25, -0.2) is 15.0 Å². The van der Waals surface area contributed by atoms with Gasteiger partial charge in [-0.1, -0.05) is 6.07 Å². The van der Waals surface area contributed by atoms with Crippen LogP contribution in [-0.2, 0) is 0 Å². The molecule has 6 rings (SSSR count). The summed E-state index contributed by atoms with van der Waals surface area (Å²) in [7, 11) is 0. The van der Waals surface area contributed by atoms with Gasteiger partial charge in [0.1, 0.15) is 29.0 Å². The Bertz CT molecular complexity index is 1320. The molecule has 150 valence electrons. The number of nitrogens with one attached hydrogen (secondary N) is 4. The van der Waals surface area contributed by atoms with Crippen molar-refractivity contribution in [2.24, 2.45) is 0 Å². The molecule has 0 radical (unpaired) electrons. The number of imidazole rings is 1. The Kier molecular flexibility index (Phi) is 3.90. The van der Waals surface area contributed by atoms with Crippen LogP contribution in [-0.4, -0.2) is 48.2 Å². The van der Waals surface area contributed by atoms with Crippen LogP contribution in [0.2, 0.25) is 0 Å². The van der Waals surface area contributed by atoms with Gasteiger partial charge in [0.25, 0.3) is 0 Å². The van der Waals surface area contributed by atoms with E-state index in [-0.39, 0.29) is 0 Å². The Labute approximate surface area is 172 Å². The molecule has 0 atom stereocenters. The Hall–Kier alpha value is -3.88. The second-order valence-electron chi connectivity index (χ2n) is 7.55. The van der Waals surface area contributed by atoms with Crippen molar-refractivity contribution in [1.82, 2.24) is 35.1 Å². The van der Waals surface area contributed by atoms with E-state index in [2.05, 4.69) is 58.5 Å². The smallest absolute Gasteiger partial charge is 0.158 e. The molecular formula is C21H21N9. The van der Waals surface area contributed by atoms with Gasteiger partial charge >= 0.3 is 0 Å². The van der Waals surface area contributed by atoms with Crippen LogP contribution >= 0.6 is 0 Å². The monoisotopic (exact) mass is 399 g/mol. The summed E-state index contributed by atoms with van der Waals surface area (Å²) in [5.74, 6) is 1.46. The quantitative estimate of drug-likeness (QED) is 0.364. The fraction of sp³-hybridized carbons (Fsp3) is 0.238. The van der Waals surface area contributed by atoms with Crippen LogP contribution in [0.5, 0.6) is 0 Å². The van der Waals surface area contributed by atoms with Gasteiger partial charge in [-0.15, -0.1) is 0 Å². The number of hydrogen-bond acceptors (Lipinski definition) is 6. The van der Waals surface area contributed by atoms with Crippen LogP contribution < -0.4 is 10.2 Å². The Morgan fingerprint density at radius 2 is 1.97 bits per heavy atom. The summed E-state index contributed by atoms with van der Waals surface area (Å²) in [6.45, 7) is 2.16. The van der Waals surface area contributed by atoms with Crippen LogP contribution in [0.4, 0.5) is 17.2 Å². The number of anilines is 3. The highest BCUT2D eigenvalue weighted by Crippen LogP contribution is 2.33. The molecule has 1 fully saturated rings. The highest BCUT2D eigenvalue weighted by Gasteiger charge is 2.19. The maximum absolute atomic E-state index is 4.94. The molecule has 1 aliphatic rings. The van der Waals surface area contributed by atoms with Crippen LogP contribution in [0.1, 0.15) is 19.3 Å². The van der Waals surface area contributed by atoms with Gasteiger partial charge < -0.3 is 20.2 Å². The summed E-state index contributed by atoms with van der Waals surface area (Å²) in [5.41, 5.74) is 5.57. The largest absolute Gasteiger partial charge is 0.370 e. The first kappa shape index (κ1) is 17.0. The predicted molar refractivity (Wildman–Crippen MR) is 117 cm³/mol. The zero-order valence-corrected chi connectivity index (χ0v) is 16.3. The molecule has 4 aromatic heterocycles. The Balaban J connectivity index is 1.39. The number of para-hydroxylation sites is 1. The minimum atomic E-state index is 0.717. The van der Waals surface area contributed by atoms with Gasteiger partial charge in [0.2, 0.25) is 0 Å². The van der Waals surface area contributed by atoms with E-state index >= 15 is 0 Å². The third-order valence-corrected chi connectivity index (χ3v) is 5.67. The second-order valence-corrected chi connectivity index (χ2v) is 7.55. The van der Waals surface area contributed by atoms with E-state index in [1.807, 2.05) is 12.3 Å². The molecule has 1 saturated heterocycles. The number of benzene rings is 1. The molecule has 0 aliphatic carbocycles. The van der Waals surface area contributed by atoms with Crippen molar-refractivity contribution in [2.75, 3.05) is 23.3 Å². The summed E-state index contributed by atoms with van der Waals surface area (Å²) in [6, 6.07) is 8.26. The lowest BCUT2D eigenvalue weighted by molar-refractivity contribution is 0.579. The minimum Gasteiger partial charge on any atom is -0.370 e. The van der Waals surface area contributed by atoms with Gasteiger partial charge in [0, 0.05) is 19.3 Å². The first-order chi connectivity index (χ1) is 14.9. The highest BCUT2D eigenvalue weighted by atomic mass is 15.2. The van der Waals surface area contributed by atoms with Crippen molar-refractivity contribution in [2.45, 2.75) is 19.3 Å². The fourth-order valence-corrected chi connectivity index (χ4v) is 4.19. The van der Waals surface area contributed by atoms with Gasteiger partial charge in [-0.2, -0.15) is 5.10 Å². The first-order valence-electron chi connectivity index (χ1n) is 10.2. The van der Waals surface area contributed by atoms with Gasteiger partial charge in [-0.3, -0.25) is 5.10 Å². The van der Waals surface area contributed by atoms with Crippen molar-refractivity contribution >= 4 is 39.3 Å². The Morgan fingerprint density at radius 3 is 2.90 bits per heavy atom. The number of piperidine rings is 1. The lowest BCUT2D eigenvalue weighted by Crippen LogP contribution is -2.29. The van der Waals surface area contributed by atoms with E-state index in [9.17, 15) is 0 Å². The molecule has 5 aromatic rings. The molecule has 0 amide bonds. The van der Waals surface area contributed by atoms with Crippen molar-refractivity contribution in [3.63, 3.8) is 0 Å². The average molecular weight is 399 g/mol. The van der Waals surface area contributed by atoms with Gasteiger partial charge in [-0.05, 0) is 37.5 Å². The van der Waals surface area contributed by atoms with Crippen LogP contribution in [0.15, 0.2) is 43.0 Å². The molecule has 1 aromatic carbocycles. The number of fused-ring (bicyclic) bond motifs is 2. The normalized spacial score (nSPS) is 14.6. The van der Waals surface area contributed by atoms with E-state index in [1.54, 1.807) is 6.20 Å². The van der Waals surface area contributed by atoms with E-state index in [1.165, 1.54) is 31.3 Å². The number of hydrogen-bond donors (Lipinski definition) is 4. The zero-order chi connectivity index (χ0) is 19.9. The van der Waals surface area contributed by atoms with E-state index < -0.39 is 0 Å². The lowest BCUT2D eigenvalue weighted by Gasteiger charge is -2.28. The summed E-state index contributed by atoms with van der Waals surface area (Å²) in [4.78, 5) is 22.6. The number of H-pyrrole nitrogens is 3. The van der Waals surface area contributed by atoms with Crippen molar-refractivity contribution in [3.8, 4) is 11.5 Å². The number of rotatable bonds is 4. The maximum atomic E-state index is 4.94. The van der Waals surface area contributed by atoms with E-state index in [0.717, 1.165) is 52.4 Å². The standard InChI is InChI=1S/C21H21N9/c1-2-9-30(10-3-1)16-6-4-5-14-17(16)28-21(26-14)18-15(11-25-29-18)27-20-13-7-8-22-19(13)23-12-24-20/h4-8,11-12H,1-3,9-10H2,(H,25,29)(H,26,28)(H2,22,23,24,27). The number of aromatic amines is 3. The molecule has 0 unspecified atom stereocenters. The molecule has 0 saturated carbocycles. The topological polar surface area (TPSA) is 114 Å². The second kappa shape index (κ2) is 6.87. The van der Waals surface area contributed by atoms with E-state index in [0.29, 0.717) is 5.82 Å². The lowest BCUT2D eigenvalue weighted by atomic mass is 10.1. The molecule has 5 heterocycles. The van der Waals surface area contributed by atoms with Crippen LogP contribution in [0, 0.1) is 0 Å². The maximum Gasteiger partial charge on any atom is 0.158 e. The molecule has 0 spiro atoms. The fourth-order valence-electron chi connectivity index (χ4n) is 4.19. The molecule has 9 nitrogen and oxygen atoms in total. The highest BCUT2D eigenvalue weighted by molar-refractivity contribution is 5.93. The van der Waals surface area contributed by atoms with Crippen LogP contribution in [0.25, 0.3) is 33.6 Å². The van der Waals surface area contributed by atoms with Crippen LogP contribution in [0.3, 0.4) is 0 Å². The van der Waals surface area contributed by atoms with Crippen molar-refractivity contribution in [1.29, 1.82) is 0 Å². The third-order valence-electron chi connectivity index (χ3n) is 5.67. The predicted octanol–water partition coefficient (Wildman–Crippen LogP) is 3.96. The molecule has 0 bridgehead atoms. The van der Waals surface area contributed by atoms with Crippen molar-refractivity contribution in [3.05, 3.63) is 43.0 Å². The summed E-state index contributed by atoms with van der Waals surface area (Å²) >= 11 is 0. The molecule has 30 heavy (non-hydrogen) atoms. The number of nitrogens with zero attached hydrogens (tertiary/aromatic N) is 5. The molecular weight excluding hydrogens is 378 g/mol. The molecule has 1 aliphatic heterocycles. The Morgan fingerprint density at radius 1 is 1.03 bits per heavy atom. The van der Waals surface area contributed by atoms with Gasteiger partial charge in [0.05, 0.1) is 28.5 Å². The summed E-state index contributed by atoms with van der Waals surface area (Å²) in [5, 5.41) is 11.6. The summed E-state index contributed by atoms with van der Waals surface area (Å²) < 4.78 is 0. The summed E-state index contributed by atoms with van der Waals surface area (Å²) in [6.07, 6.45) is 8.90. The minimum absolute atomic E-state index is 0.717.